The van der Waals surface area contributed by atoms with Crippen molar-refractivity contribution in [1.29, 1.82) is 5.26 Å². The van der Waals surface area contributed by atoms with Crippen molar-refractivity contribution < 1.29 is 4.74 Å². The van der Waals surface area contributed by atoms with Crippen molar-refractivity contribution in [2.75, 3.05) is 6.61 Å². The van der Waals surface area contributed by atoms with Gasteiger partial charge in [0.2, 0.25) is 0 Å². The lowest BCUT2D eigenvalue weighted by molar-refractivity contribution is 0.0706. The van der Waals surface area contributed by atoms with Crippen molar-refractivity contribution >= 4 is 0 Å². The van der Waals surface area contributed by atoms with E-state index >= 15 is 0 Å². The molecule has 0 aromatic rings. The molecule has 0 spiro atoms. The second-order valence-electron chi connectivity index (χ2n) is 2.92. The second-order valence-corrected chi connectivity index (χ2v) is 2.92. The maximum Gasteiger partial charge on any atom is 0.0968 e. The summed E-state index contributed by atoms with van der Waals surface area (Å²) in [5.74, 6) is 0. The van der Waals surface area contributed by atoms with Gasteiger partial charge in [-0.25, -0.2) is 0 Å². The van der Waals surface area contributed by atoms with Crippen LogP contribution in [0.25, 0.3) is 0 Å². The van der Waals surface area contributed by atoms with Gasteiger partial charge in [0.25, 0.3) is 0 Å². The Morgan fingerprint density at radius 1 is 1.83 bits per heavy atom. The van der Waals surface area contributed by atoms with E-state index in [2.05, 4.69) is 12.7 Å². The first-order valence-corrected chi connectivity index (χ1v) is 4.12. The van der Waals surface area contributed by atoms with Gasteiger partial charge in [0.05, 0.1) is 24.4 Å². The fourth-order valence-electron chi connectivity index (χ4n) is 1.25. The van der Waals surface area contributed by atoms with Crippen LogP contribution in [0.15, 0.2) is 23.8 Å². The van der Waals surface area contributed by atoms with Crippen LogP contribution in [-0.2, 0) is 4.74 Å². The van der Waals surface area contributed by atoms with Gasteiger partial charge in [0, 0.05) is 0 Å². The van der Waals surface area contributed by atoms with Crippen molar-refractivity contribution in [1.82, 2.24) is 0 Å². The summed E-state index contributed by atoms with van der Waals surface area (Å²) in [5, 5.41) is 8.57. The molecule has 2 heteroatoms. The molecule has 1 rings (SSSR count). The summed E-state index contributed by atoms with van der Waals surface area (Å²) in [6.07, 6.45) is 3.96. The minimum absolute atomic E-state index is 0.0429. The lowest BCUT2D eigenvalue weighted by atomic mass is 10.0. The average Bonchev–Trinajstić information content (AvgIpc) is 2.17. The lowest BCUT2D eigenvalue weighted by Crippen LogP contribution is -2.21. The minimum atomic E-state index is -0.0429. The van der Waals surface area contributed by atoms with E-state index in [9.17, 15) is 0 Å². The largest absolute Gasteiger partial charge is 0.368 e. The molecule has 0 N–H and O–H groups in total. The normalized spacial score (nSPS) is 26.7. The maximum absolute atomic E-state index is 8.57. The van der Waals surface area contributed by atoms with Crippen LogP contribution < -0.4 is 0 Å². The van der Waals surface area contributed by atoms with E-state index < -0.39 is 0 Å². The van der Waals surface area contributed by atoms with E-state index in [0.29, 0.717) is 12.2 Å². The number of allylic oxidation sites excluding steroid dienone is 1. The van der Waals surface area contributed by atoms with Gasteiger partial charge in [0.1, 0.15) is 0 Å². The molecule has 2 nitrogen and oxygen atoms in total. The average molecular weight is 163 g/mol. The molecule has 0 aromatic heterocycles. The fourth-order valence-corrected chi connectivity index (χ4v) is 1.25. The molecule has 0 unspecified atom stereocenters. The first-order chi connectivity index (χ1) is 5.77. The third-order valence-electron chi connectivity index (χ3n) is 2.14. The molecule has 1 fully saturated rings. The smallest absolute Gasteiger partial charge is 0.0968 e. The standard InChI is InChI=1S/C10H13NO/c1-3-9-4-5-10(12-7-9)8(2)6-11/h3,10H,2,4-5,7H2,1H3/b9-3-/t10-/m1/s1. The Bertz CT molecular complexity index is 237. The van der Waals surface area contributed by atoms with Crippen molar-refractivity contribution in [3.8, 4) is 6.07 Å². The van der Waals surface area contributed by atoms with Gasteiger partial charge < -0.3 is 4.74 Å². The number of rotatable bonds is 1. The van der Waals surface area contributed by atoms with Crippen LogP contribution in [0.4, 0.5) is 0 Å². The highest BCUT2D eigenvalue weighted by molar-refractivity contribution is 5.23. The summed E-state index contributed by atoms with van der Waals surface area (Å²) in [6.45, 7) is 6.31. The van der Waals surface area contributed by atoms with Gasteiger partial charge >= 0.3 is 0 Å². The quantitative estimate of drug-likeness (QED) is 0.438. The maximum atomic E-state index is 8.57. The van der Waals surface area contributed by atoms with E-state index in [1.807, 2.05) is 13.0 Å². The van der Waals surface area contributed by atoms with E-state index in [-0.39, 0.29) is 6.10 Å². The molecule has 0 amide bonds. The van der Waals surface area contributed by atoms with Crippen LogP contribution in [0.3, 0.4) is 0 Å². The summed E-state index contributed by atoms with van der Waals surface area (Å²) < 4.78 is 5.44. The van der Waals surface area contributed by atoms with E-state index in [0.717, 1.165) is 12.8 Å². The van der Waals surface area contributed by atoms with Crippen molar-refractivity contribution in [2.24, 2.45) is 0 Å². The van der Waals surface area contributed by atoms with Crippen LogP contribution in [0.1, 0.15) is 19.8 Å². The van der Waals surface area contributed by atoms with Crippen LogP contribution >= 0.6 is 0 Å². The van der Waals surface area contributed by atoms with Gasteiger partial charge in [-0.2, -0.15) is 5.26 Å². The van der Waals surface area contributed by atoms with E-state index in [1.54, 1.807) is 0 Å². The fraction of sp³-hybridized carbons (Fsp3) is 0.500. The summed E-state index contributed by atoms with van der Waals surface area (Å²) in [6, 6.07) is 2.03. The third kappa shape index (κ3) is 1.96. The SMILES string of the molecule is C=C(C#N)[C@H]1CC/C(=C/C)CO1. The number of hydrogen-bond acceptors (Lipinski definition) is 2. The number of ether oxygens (including phenoxy) is 1. The molecule has 64 valence electrons. The molecule has 1 aliphatic heterocycles. The highest BCUT2D eigenvalue weighted by Crippen LogP contribution is 2.21. The molecule has 1 heterocycles. The van der Waals surface area contributed by atoms with Gasteiger partial charge in [-0.1, -0.05) is 12.7 Å². The van der Waals surface area contributed by atoms with Gasteiger partial charge in [-0.05, 0) is 25.3 Å². The Hall–Kier alpha value is -1.07. The predicted octanol–water partition coefficient (Wildman–Crippen LogP) is 2.19. The predicted molar refractivity (Wildman–Crippen MR) is 47.5 cm³/mol. The summed E-state index contributed by atoms with van der Waals surface area (Å²) in [4.78, 5) is 0. The Kier molecular flexibility index (Phi) is 3.07. The molecular weight excluding hydrogens is 150 g/mol. The molecule has 0 aromatic carbocycles. The molecule has 1 saturated heterocycles. The summed E-state index contributed by atoms with van der Waals surface area (Å²) in [7, 11) is 0. The first kappa shape index (κ1) is 9.02. The molecule has 0 aliphatic carbocycles. The first-order valence-electron chi connectivity index (χ1n) is 4.12. The number of nitriles is 1. The van der Waals surface area contributed by atoms with Crippen LogP contribution in [0.2, 0.25) is 0 Å². The highest BCUT2D eigenvalue weighted by Gasteiger charge is 2.18. The number of nitrogens with zero attached hydrogens (tertiary/aromatic N) is 1. The zero-order valence-corrected chi connectivity index (χ0v) is 7.34. The van der Waals surface area contributed by atoms with Crippen molar-refractivity contribution in [3.63, 3.8) is 0 Å². The Labute approximate surface area is 73.1 Å². The summed E-state index contributed by atoms with van der Waals surface area (Å²) >= 11 is 0. The zero-order valence-electron chi connectivity index (χ0n) is 7.34. The van der Waals surface area contributed by atoms with Crippen molar-refractivity contribution in [3.05, 3.63) is 23.8 Å². The zero-order chi connectivity index (χ0) is 8.97. The van der Waals surface area contributed by atoms with E-state index in [4.69, 9.17) is 10.00 Å². The highest BCUT2D eigenvalue weighted by atomic mass is 16.5. The molecule has 0 bridgehead atoms. The lowest BCUT2D eigenvalue weighted by Gasteiger charge is -2.23. The van der Waals surface area contributed by atoms with Crippen LogP contribution in [-0.4, -0.2) is 12.7 Å². The molecule has 0 saturated carbocycles. The van der Waals surface area contributed by atoms with E-state index in [1.165, 1.54) is 5.57 Å². The van der Waals surface area contributed by atoms with Gasteiger partial charge in [0.15, 0.2) is 0 Å². The Balaban J connectivity index is 2.47. The third-order valence-corrected chi connectivity index (χ3v) is 2.14. The monoisotopic (exact) mass is 163 g/mol. The molecule has 1 atom stereocenters. The second kappa shape index (κ2) is 4.08. The van der Waals surface area contributed by atoms with Gasteiger partial charge in [-0.15, -0.1) is 0 Å². The molecular formula is C10H13NO. The van der Waals surface area contributed by atoms with Crippen LogP contribution in [0.5, 0.6) is 0 Å². The van der Waals surface area contributed by atoms with Gasteiger partial charge in [-0.3, -0.25) is 0 Å². The Morgan fingerprint density at radius 2 is 2.58 bits per heavy atom. The van der Waals surface area contributed by atoms with Crippen molar-refractivity contribution in [2.45, 2.75) is 25.9 Å². The van der Waals surface area contributed by atoms with Crippen LogP contribution in [0, 0.1) is 11.3 Å². The molecule has 12 heavy (non-hydrogen) atoms. The Morgan fingerprint density at radius 3 is 3.00 bits per heavy atom. The topological polar surface area (TPSA) is 33.0 Å². The summed E-state index contributed by atoms with van der Waals surface area (Å²) in [5.41, 5.74) is 1.86. The molecule has 0 radical (unpaired) electrons. The molecule has 1 aliphatic rings. The number of hydrogen-bond donors (Lipinski definition) is 0. The minimum Gasteiger partial charge on any atom is -0.368 e.